The number of carbonyl (C=O) groups is 1. The summed E-state index contributed by atoms with van der Waals surface area (Å²) in [5.74, 6) is 0.654. The topological polar surface area (TPSA) is 89.9 Å². The molecule has 0 atom stereocenters. The van der Waals surface area contributed by atoms with E-state index in [1.165, 1.54) is 34.4 Å². The minimum absolute atomic E-state index is 0. The first-order valence-electron chi connectivity index (χ1n) is 7.94. The highest BCUT2D eigenvalue weighted by Gasteiger charge is 2.18. The summed E-state index contributed by atoms with van der Waals surface area (Å²) in [6.45, 7) is 0. The van der Waals surface area contributed by atoms with E-state index >= 15 is 0 Å². The Morgan fingerprint density at radius 3 is 2.31 bits per heavy atom. The normalized spacial score (nSPS) is 10.2. The van der Waals surface area contributed by atoms with Gasteiger partial charge in [0.25, 0.3) is 0 Å². The number of aromatic nitrogens is 1. The van der Waals surface area contributed by atoms with Gasteiger partial charge in [0.1, 0.15) is 4.88 Å². The summed E-state index contributed by atoms with van der Waals surface area (Å²) in [5.41, 5.74) is 2.29. The van der Waals surface area contributed by atoms with Gasteiger partial charge in [-0.15, -0.1) is 51.4 Å². The van der Waals surface area contributed by atoms with Crippen LogP contribution in [0.5, 0.6) is 17.2 Å². The summed E-state index contributed by atoms with van der Waals surface area (Å²) < 4.78 is 17.0. The fraction of sp³-hybridized carbons (Fsp3) is 0.222. The van der Waals surface area contributed by atoms with E-state index in [9.17, 15) is 9.90 Å². The fourth-order valence-electron chi connectivity index (χ4n) is 2.54. The van der Waals surface area contributed by atoms with Gasteiger partial charge in [0.05, 0.1) is 31.2 Å². The van der Waals surface area contributed by atoms with Gasteiger partial charge in [0.2, 0.25) is 5.75 Å². The van der Waals surface area contributed by atoms with E-state index < -0.39 is 5.97 Å². The molecule has 0 unspecified atom stereocenters. The Hall–Kier alpha value is -1.95. The molecule has 0 aliphatic rings. The maximum absolute atomic E-state index is 11.3. The number of thiophene rings is 1. The second kappa shape index (κ2) is 10.2. The number of anilines is 2. The summed E-state index contributed by atoms with van der Waals surface area (Å²) in [5, 5.41) is 15.0. The number of halogens is 1. The molecule has 0 aliphatic carbocycles. The largest absolute Gasteiger partial charge is 0.493 e. The van der Waals surface area contributed by atoms with Crippen molar-refractivity contribution in [1.29, 1.82) is 0 Å². The molecule has 0 saturated heterocycles. The van der Waals surface area contributed by atoms with Crippen molar-refractivity contribution < 1.29 is 24.1 Å². The van der Waals surface area contributed by atoms with Crippen molar-refractivity contribution in [2.75, 3.05) is 32.9 Å². The predicted molar refractivity (Wildman–Crippen MR) is 124 cm³/mol. The zero-order chi connectivity index (χ0) is 20.3. The second-order valence-corrected chi connectivity index (χ2v) is 8.38. The van der Waals surface area contributed by atoms with Crippen LogP contribution in [0.1, 0.15) is 9.67 Å². The van der Waals surface area contributed by atoms with Crippen molar-refractivity contribution in [2.24, 2.45) is 0 Å². The van der Waals surface area contributed by atoms with Gasteiger partial charge in [0.15, 0.2) is 16.6 Å². The molecule has 0 saturated carbocycles. The molecule has 0 fully saturated rings. The number of methoxy groups -OCH3 is 3. The van der Waals surface area contributed by atoms with Crippen molar-refractivity contribution in [2.45, 2.75) is 4.21 Å². The minimum atomic E-state index is -0.933. The van der Waals surface area contributed by atoms with Crippen LogP contribution in [0.2, 0.25) is 0 Å². The van der Waals surface area contributed by atoms with Gasteiger partial charge in [-0.1, -0.05) is 0 Å². The molecule has 0 aliphatic heterocycles. The molecule has 3 aromatic rings. The van der Waals surface area contributed by atoms with Crippen LogP contribution in [0.3, 0.4) is 0 Å². The molecule has 1 aromatic carbocycles. The van der Waals surface area contributed by atoms with E-state index in [-0.39, 0.29) is 17.0 Å². The van der Waals surface area contributed by atoms with Gasteiger partial charge in [-0.3, -0.25) is 0 Å². The van der Waals surface area contributed by atoms with E-state index in [1.807, 2.05) is 11.6 Å². The van der Waals surface area contributed by atoms with Gasteiger partial charge < -0.3 is 24.6 Å². The van der Waals surface area contributed by atoms with Crippen LogP contribution < -0.4 is 19.5 Å². The Morgan fingerprint density at radius 1 is 1.14 bits per heavy atom. The van der Waals surface area contributed by atoms with Crippen LogP contribution in [0.25, 0.3) is 11.3 Å². The number of nitrogens with one attached hydrogen (secondary N) is 1. The lowest BCUT2D eigenvalue weighted by Crippen LogP contribution is -1.97. The molecule has 0 bridgehead atoms. The van der Waals surface area contributed by atoms with Crippen LogP contribution in [-0.2, 0) is 0 Å². The number of carboxylic acids is 1. The maximum Gasteiger partial charge on any atom is 0.345 e. The van der Waals surface area contributed by atoms with Gasteiger partial charge >= 0.3 is 5.97 Å². The summed E-state index contributed by atoms with van der Waals surface area (Å²) in [6.07, 6.45) is 1.92. The lowest BCUT2D eigenvalue weighted by molar-refractivity contribution is 0.0702. The number of ether oxygens (including phenoxy) is 3. The molecule has 2 N–H and O–H groups in total. The first kappa shape index (κ1) is 23.3. The van der Waals surface area contributed by atoms with Gasteiger partial charge in [0, 0.05) is 28.8 Å². The highest BCUT2D eigenvalue weighted by Crippen LogP contribution is 2.42. The van der Waals surface area contributed by atoms with Gasteiger partial charge in [-0.2, -0.15) is 0 Å². The summed E-state index contributed by atoms with van der Waals surface area (Å²) >= 11 is 4.18. The molecule has 11 heteroatoms. The van der Waals surface area contributed by atoms with Crippen molar-refractivity contribution in [3.05, 3.63) is 28.5 Å². The van der Waals surface area contributed by atoms with E-state index in [0.29, 0.717) is 27.3 Å². The number of carboxylic acid groups (broad SMARTS) is 1. The van der Waals surface area contributed by atoms with Crippen molar-refractivity contribution in [3.8, 4) is 28.5 Å². The average molecular weight is 519 g/mol. The van der Waals surface area contributed by atoms with E-state index in [2.05, 4.69) is 10.3 Å². The Kier molecular flexibility index (Phi) is 8.20. The number of rotatable bonds is 8. The summed E-state index contributed by atoms with van der Waals surface area (Å²) in [7, 11) is 4.67. The molecule has 0 spiro atoms. The lowest BCUT2D eigenvalue weighted by atomic mass is 10.2. The Balaban J connectivity index is 0.00000300. The highest BCUT2D eigenvalue weighted by atomic mass is 79.9. The Morgan fingerprint density at radius 2 is 1.79 bits per heavy atom. The number of benzene rings is 1. The summed E-state index contributed by atoms with van der Waals surface area (Å²) in [4.78, 5) is 16.2. The van der Waals surface area contributed by atoms with Crippen LogP contribution in [-0.4, -0.2) is 43.6 Å². The number of hydrogen-bond acceptors (Lipinski definition) is 9. The number of nitrogens with zero attached hydrogens (tertiary/aromatic N) is 1. The molecule has 7 nitrogen and oxygen atoms in total. The molecular formula is C18H19BrN2O5S3. The summed E-state index contributed by atoms with van der Waals surface area (Å²) in [6, 6.07) is 5.25. The van der Waals surface area contributed by atoms with Crippen LogP contribution in [0, 0.1) is 0 Å². The zero-order valence-corrected chi connectivity index (χ0v) is 20.1. The third-order valence-electron chi connectivity index (χ3n) is 3.79. The predicted octanol–water partition coefficient (Wildman–Crippen LogP) is 5.64. The number of aromatic carboxylic acids is 1. The molecule has 2 heterocycles. The van der Waals surface area contributed by atoms with Crippen LogP contribution in [0.4, 0.5) is 10.8 Å². The van der Waals surface area contributed by atoms with Gasteiger partial charge in [-0.05, 0) is 12.3 Å². The zero-order valence-electron chi connectivity index (χ0n) is 16.0. The average Bonchev–Trinajstić information content (AvgIpc) is 3.33. The first-order valence-corrected chi connectivity index (χ1v) is 10.9. The van der Waals surface area contributed by atoms with Crippen LogP contribution >= 0.6 is 51.4 Å². The molecule has 0 radical (unpaired) electrons. The molecule has 0 amide bonds. The fourth-order valence-corrected chi connectivity index (χ4v) is 5.00. The van der Waals surface area contributed by atoms with Crippen molar-refractivity contribution in [3.63, 3.8) is 0 Å². The number of hydrogen-bond donors (Lipinski definition) is 2. The van der Waals surface area contributed by atoms with E-state index in [0.717, 1.165) is 21.2 Å². The number of thiazole rings is 1. The van der Waals surface area contributed by atoms with Crippen LogP contribution in [0.15, 0.2) is 27.8 Å². The Bertz CT molecular complexity index is 980. The minimum Gasteiger partial charge on any atom is -0.493 e. The molecule has 29 heavy (non-hydrogen) atoms. The first-order chi connectivity index (χ1) is 13.5. The lowest BCUT2D eigenvalue weighted by Gasteiger charge is -2.14. The maximum atomic E-state index is 11.3. The molecule has 156 valence electrons. The Labute approximate surface area is 190 Å². The quantitative estimate of drug-likeness (QED) is 0.370. The third-order valence-corrected chi connectivity index (χ3v) is 6.81. The smallest absolute Gasteiger partial charge is 0.345 e. The molecular weight excluding hydrogens is 500 g/mol. The highest BCUT2D eigenvalue weighted by molar-refractivity contribution is 8.93. The van der Waals surface area contributed by atoms with Crippen molar-refractivity contribution >= 4 is 68.2 Å². The standard InChI is InChI=1S/C18H18N2O5S3.BrH/c1-23-12-5-9(6-13(24-2)15(12)25-3)19-18-20-11(8-27-18)10-7-14(16(21)22)28-17(10)26-4;/h5-8H,1-4H3,(H,19,20)(H,21,22);1H. The monoisotopic (exact) mass is 518 g/mol. The van der Waals surface area contributed by atoms with Crippen molar-refractivity contribution in [1.82, 2.24) is 4.98 Å². The number of thioether (sulfide) groups is 1. The van der Waals surface area contributed by atoms with E-state index in [1.54, 1.807) is 39.5 Å². The molecule has 2 aromatic heterocycles. The SMILES string of the molecule is Br.COc1cc(Nc2nc(-c3cc(C(=O)O)sc3SC)cs2)cc(OC)c1OC. The van der Waals surface area contributed by atoms with Gasteiger partial charge in [-0.25, -0.2) is 9.78 Å². The third kappa shape index (κ3) is 4.97. The molecule has 3 rings (SSSR count). The second-order valence-electron chi connectivity index (χ2n) is 5.40. The van der Waals surface area contributed by atoms with E-state index in [4.69, 9.17) is 14.2 Å².